The Morgan fingerprint density at radius 2 is 2.11 bits per heavy atom. The van der Waals surface area contributed by atoms with Crippen LogP contribution in [0.15, 0.2) is 36.4 Å². The lowest BCUT2D eigenvalue weighted by molar-refractivity contribution is -0.130. The number of fused-ring (bicyclic) bond motifs is 2. The van der Waals surface area contributed by atoms with Crippen molar-refractivity contribution in [3.63, 3.8) is 0 Å². The van der Waals surface area contributed by atoms with Gasteiger partial charge in [0.1, 0.15) is 29.8 Å². The third-order valence-electron chi connectivity index (χ3n) is 4.78. The fraction of sp³-hybridized carbons (Fsp3) is 0.300. The fourth-order valence-corrected chi connectivity index (χ4v) is 3.33. The molecular weight excluding hydrogens is 352 g/mol. The number of amides is 1. The summed E-state index contributed by atoms with van der Waals surface area (Å²) in [7, 11) is 0. The van der Waals surface area contributed by atoms with Gasteiger partial charge in [0, 0.05) is 18.6 Å². The summed E-state index contributed by atoms with van der Waals surface area (Å²) in [5.41, 5.74) is 1.15. The first-order valence-corrected chi connectivity index (χ1v) is 8.70. The van der Waals surface area contributed by atoms with Gasteiger partial charge in [-0.25, -0.2) is 13.8 Å². The molecule has 1 aliphatic rings. The Balaban J connectivity index is 1.51. The zero-order valence-electron chi connectivity index (χ0n) is 15.0. The lowest BCUT2D eigenvalue weighted by atomic mass is 9.87. The number of hydrogen-bond donors (Lipinski definition) is 2. The molecule has 2 heterocycles. The van der Waals surface area contributed by atoms with E-state index in [4.69, 9.17) is 4.74 Å². The Morgan fingerprint density at radius 1 is 1.33 bits per heavy atom. The first-order valence-electron chi connectivity index (χ1n) is 8.70. The smallest absolute Gasteiger partial charge is 0.226 e. The average Bonchev–Trinajstić information content (AvgIpc) is 3.17. The molecule has 1 atom stereocenters. The minimum atomic E-state index is -0.785. The largest absolute Gasteiger partial charge is 0.490 e. The van der Waals surface area contributed by atoms with Gasteiger partial charge in [-0.15, -0.1) is 0 Å². The molecular formula is C20H19F2N3O2. The molecule has 7 heteroatoms. The molecule has 140 valence electrons. The van der Waals surface area contributed by atoms with Crippen LogP contribution in [-0.4, -0.2) is 22.5 Å². The van der Waals surface area contributed by atoms with E-state index in [-0.39, 0.29) is 23.8 Å². The molecule has 0 spiro atoms. The number of carbonyl (C=O) groups excluding carboxylic acids is 1. The lowest BCUT2D eigenvalue weighted by Gasteiger charge is -2.24. The van der Waals surface area contributed by atoms with Gasteiger partial charge in [0.15, 0.2) is 0 Å². The van der Waals surface area contributed by atoms with Crippen LogP contribution >= 0.6 is 0 Å². The highest BCUT2D eigenvalue weighted by Gasteiger charge is 2.35. The fourth-order valence-electron chi connectivity index (χ4n) is 3.33. The number of aromatic amines is 1. The Hall–Kier alpha value is -2.96. The van der Waals surface area contributed by atoms with E-state index in [1.165, 1.54) is 0 Å². The van der Waals surface area contributed by atoms with Crippen molar-refractivity contribution in [2.45, 2.75) is 26.3 Å². The van der Waals surface area contributed by atoms with Crippen molar-refractivity contribution in [1.29, 1.82) is 0 Å². The highest BCUT2D eigenvalue weighted by Crippen LogP contribution is 2.36. The summed E-state index contributed by atoms with van der Waals surface area (Å²) >= 11 is 0. The van der Waals surface area contributed by atoms with Gasteiger partial charge < -0.3 is 15.0 Å². The molecule has 27 heavy (non-hydrogen) atoms. The van der Waals surface area contributed by atoms with Gasteiger partial charge in [-0.1, -0.05) is 26.0 Å². The van der Waals surface area contributed by atoms with Crippen molar-refractivity contribution < 1.29 is 18.3 Å². The lowest BCUT2D eigenvalue weighted by Crippen LogP contribution is -2.41. The summed E-state index contributed by atoms with van der Waals surface area (Å²) in [5.74, 6) is -0.847. The van der Waals surface area contributed by atoms with Crippen LogP contribution in [0.4, 0.5) is 8.78 Å². The molecule has 0 fully saturated rings. The van der Waals surface area contributed by atoms with Crippen molar-refractivity contribution in [3.05, 3.63) is 59.4 Å². The molecule has 2 aromatic carbocycles. The topological polar surface area (TPSA) is 67.0 Å². The molecule has 1 amide bonds. The second-order valence-corrected chi connectivity index (χ2v) is 7.40. The predicted octanol–water partition coefficient (Wildman–Crippen LogP) is 3.66. The zero-order valence-corrected chi connectivity index (χ0v) is 15.0. The summed E-state index contributed by atoms with van der Waals surface area (Å²) in [4.78, 5) is 20.5. The summed E-state index contributed by atoms with van der Waals surface area (Å²) in [5, 5.41) is 2.82. The third-order valence-corrected chi connectivity index (χ3v) is 4.78. The Bertz CT molecular complexity index is 996. The van der Waals surface area contributed by atoms with Gasteiger partial charge >= 0.3 is 0 Å². The van der Waals surface area contributed by atoms with E-state index in [2.05, 4.69) is 15.3 Å². The molecule has 4 rings (SSSR count). The van der Waals surface area contributed by atoms with Crippen LogP contribution in [0.5, 0.6) is 5.75 Å². The van der Waals surface area contributed by atoms with Crippen LogP contribution in [-0.2, 0) is 11.2 Å². The van der Waals surface area contributed by atoms with Gasteiger partial charge in [0.2, 0.25) is 5.91 Å². The standard InChI is InChI=1S/C20H19F2N3O2/c1-20(2,9-17-23-13-5-3-4-6-14(13)24-17)19(26)25-15-10-27-16-8-11(21)7-12(22)18(15)16/h3-8,15H,9-10H2,1-2H3,(H,23,24)(H,25,26). The number of rotatable bonds is 4. The number of para-hydroxylation sites is 2. The van der Waals surface area contributed by atoms with Crippen LogP contribution in [0.3, 0.4) is 0 Å². The zero-order chi connectivity index (χ0) is 19.2. The summed E-state index contributed by atoms with van der Waals surface area (Å²) in [6.07, 6.45) is 0.389. The Labute approximate surface area is 154 Å². The van der Waals surface area contributed by atoms with Crippen molar-refractivity contribution in [2.24, 2.45) is 5.41 Å². The molecule has 3 aromatic rings. The molecule has 5 nitrogen and oxygen atoms in total. The number of imidazole rings is 1. The maximum Gasteiger partial charge on any atom is 0.226 e. The quantitative estimate of drug-likeness (QED) is 0.736. The number of hydrogen-bond acceptors (Lipinski definition) is 3. The van der Waals surface area contributed by atoms with Gasteiger partial charge in [-0.3, -0.25) is 4.79 Å². The van der Waals surface area contributed by atoms with Crippen molar-refractivity contribution >= 4 is 16.9 Å². The number of nitrogens with one attached hydrogen (secondary N) is 2. The molecule has 0 aliphatic carbocycles. The van der Waals surface area contributed by atoms with E-state index in [0.29, 0.717) is 12.2 Å². The minimum Gasteiger partial charge on any atom is -0.490 e. The van der Waals surface area contributed by atoms with Gasteiger partial charge in [0.25, 0.3) is 0 Å². The van der Waals surface area contributed by atoms with E-state index in [9.17, 15) is 13.6 Å². The Kier molecular flexibility index (Phi) is 4.09. The highest BCUT2D eigenvalue weighted by molar-refractivity contribution is 5.83. The van der Waals surface area contributed by atoms with E-state index < -0.39 is 23.1 Å². The molecule has 1 unspecified atom stereocenters. The summed E-state index contributed by atoms with van der Waals surface area (Å²) < 4.78 is 32.8. The van der Waals surface area contributed by atoms with E-state index in [1.807, 2.05) is 24.3 Å². The van der Waals surface area contributed by atoms with Gasteiger partial charge in [-0.2, -0.15) is 0 Å². The minimum absolute atomic E-state index is 0.0716. The van der Waals surface area contributed by atoms with Gasteiger partial charge in [0.05, 0.1) is 28.1 Å². The SMILES string of the molecule is CC(C)(Cc1nc2ccccc2[nH]1)C(=O)NC1COc2cc(F)cc(F)c21. The molecule has 0 saturated heterocycles. The number of aromatic nitrogens is 2. The number of halogens is 2. The van der Waals surface area contributed by atoms with E-state index >= 15 is 0 Å². The number of ether oxygens (including phenoxy) is 1. The van der Waals surface area contributed by atoms with Crippen LogP contribution in [0.2, 0.25) is 0 Å². The molecule has 0 saturated carbocycles. The second kappa shape index (κ2) is 6.33. The van der Waals surface area contributed by atoms with Crippen molar-refractivity contribution in [2.75, 3.05) is 6.61 Å². The number of benzene rings is 2. The van der Waals surface area contributed by atoms with Crippen molar-refractivity contribution in [1.82, 2.24) is 15.3 Å². The molecule has 1 aliphatic heterocycles. The highest BCUT2D eigenvalue weighted by atomic mass is 19.1. The maximum atomic E-state index is 14.1. The maximum absolute atomic E-state index is 14.1. The normalized spacial score (nSPS) is 16.2. The van der Waals surface area contributed by atoms with Crippen LogP contribution in [0.25, 0.3) is 11.0 Å². The molecule has 0 radical (unpaired) electrons. The first kappa shape index (κ1) is 17.5. The van der Waals surface area contributed by atoms with Crippen molar-refractivity contribution in [3.8, 4) is 5.75 Å². The number of H-pyrrole nitrogens is 1. The summed E-state index contributed by atoms with van der Waals surface area (Å²) in [6.45, 7) is 3.67. The number of nitrogens with zero attached hydrogens (tertiary/aromatic N) is 1. The van der Waals surface area contributed by atoms with Gasteiger partial charge in [-0.05, 0) is 12.1 Å². The van der Waals surface area contributed by atoms with Crippen LogP contribution < -0.4 is 10.1 Å². The average molecular weight is 371 g/mol. The van der Waals surface area contributed by atoms with E-state index in [1.54, 1.807) is 13.8 Å². The molecule has 2 N–H and O–H groups in total. The first-order chi connectivity index (χ1) is 12.8. The third kappa shape index (κ3) is 3.25. The predicted molar refractivity (Wildman–Crippen MR) is 96.3 cm³/mol. The monoisotopic (exact) mass is 371 g/mol. The van der Waals surface area contributed by atoms with E-state index in [0.717, 1.165) is 23.2 Å². The molecule has 0 bridgehead atoms. The van der Waals surface area contributed by atoms with Crippen LogP contribution in [0.1, 0.15) is 31.3 Å². The Morgan fingerprint density at radius 3 is 2.89 bits per heavy atom. The van der Waals surface area contributed by atoms with Crippen LogP contribution in [0, 0.1) is 17.0 Å². The number of carbonyl (C=O) groups is 1. The second-order valence-electron chi connectivity index (χ2n) is 7.40. The summed E-state index contributed by atoms with van der Waals surface area (Å²) in [6, 6.07) is 8.92. The molecule has 1 aromatic heterocycles.